The third-order valence-electron chi connectivity index (χ3n) is 2.62. The van der Waals surface area contributed by atoms with Gasteiger partial charge in [0.05, 0.1) is 24.9 Å². The maximum Gasteiger partial charge on any atom is 0.309 e. The van der Waals surface area contributed by atoms with Crippen LogP contribution >= 0.6 is 0 Å². The minimum atomic E-state index is -0.900. The minimum absolute atomic E-state index is 0.0858. The quantitative estimate of drug-likeness (QED) is 0.847. The first kappa shape index (κ1) is 13.1. The fraction of sp³-hybridized carbons (Fsp3) is 0.308. The lowest BCUT2D eigenvalue weighted by atomic mass is 10.2. The highest BCUT2D eigenvalue weighted by atomic mass is 16.5. The number of benzene rings is 1. The number of ether oxygens (including phenoxy) is 1. The number of nitrogens with zero attached hydrogens (tertiary/aromatic N) is 3. The van der Waals surface area contributed by atoms with Crippen LogP contribution in [0.3, 0.4) is 0 Å². The highest BCUT2D eigenvalue weighted by Gasteiger charge is 2.08. The Morgan fingerprint density at radius 3 is 2.79 bits per heavy atom. The van der Waals surface area contributed by atoms with Crippen molar-refractivity contribution in [2.24, 2.45) is 0 Å². The molecule has 6 nitrogen and oxygen atoms in total. The van der Waals surface area contributed by atoms with E-state index in [1.165, 1.54) is 11.8 Å². The van der Waals surface area contributed by atoms with E-state index in [2.05, 4.69) is 10.3 Å². The van der Waals surface area contributed by atoms with Crippen molar-refractivity contribution >= 4 is 5.97 Å². The number of hydrogen-bond donors (Lipinski definition) is 1. The molecule has 6 heteroatoms. The van der Waals surface area contributed by atoms with E-state index in [4.69, 9.17) is 9.84 Å². The minimum Gasteiger partial charge on any atom is -0.492 e. The summed E-state index contributed by atoms with van der Waals surface area (Å²) in [6.45, 7) is 2.90. The third-order valence-corrected chi connectivity index (χ3v) is 2.62. The average Bonchev–Trinajstić information content (AvgIpc) is 2.78. The van der Waals surface area contributed by atoms with Gasteiger partial charge < -0.3 is 9.84 Å². The maximum atomic E-state index is 10.6. The second kappa shape index (κ2) is 5.99. The zero-order valence-electron chi connectivity index (χ0n) is 10.6. The van der Waals surface area contributed by atoms with E-state index in [1.807, 2.05) is 31.2 Å². The number of aliphatic carboxylic acids is 1. The highest BCUT2D eigenvalue weighted by molar-refractivity contribution is 5.69. The molecule has 1 aromatic heterocycles. The van der Waals surface area contributed by atoms with Crippen molar-refractivity contribution in [3.63, 3.8) is 0 Å². The molecule has 0 aliphatic carbocycles. The standard InChI is InChI=1S/C13H15N3O3/c1-10-2-4-12(5-3-10)19-7-6-16-11(8-13(17)18)9-14-15-16/h2-5,9H,6-8H2,1H3,(H,17,18). The van der Waals surface area contributed by atoms with Gasteiger partial charge in [0.15, 0.2) is 0 Å². The maximum absolute atomic E-state index is 10.6. The van der Waals surface area contributed by atoms with E-state index in [-0.39, 0.29) is 6.42 Å². The molecule has 19 heavy (non-hydrogen) atoms. The van der Waals surface area contributed by atoms with E-state index in [9.17, 15) is 4.79 Å². The van der Waals surface area contributed by atoms with E-state index < -0.39 is 5.97 Å². The molecule has 1 N–H and O–H groups in total. The molecule has 2 aromatic rings. The Hall–Kier alpha value is -2.37. The lowest BCUT2D eigenvalue weighted by molar-refractivity contribution is -0.136. The Balaban J connectivity index is 1.87. The number of carboxylic acid groups (broad SMARTS) is 1. The zero-order valence-corrected chi connectivity index (χ0v) is 10.6. The van der Waals surface area contributed by atoms with Crippen LogP contribution in [0.2, 0.25) is 0 Å². The number of rotatable bonds is 6. The first-order valence-corrected chi connectivity index (χ1v) is 5.94. The lowest BCUT2D eigenvalue weighted by Gasteiger charge is -2.07. The average molecular weight is 261 g/mol. The summed E-state index contributed by atoms with van der Waals surface area (Å²) in [7, 11) is 0. The van der Waals surface area contributed by atoms with Crippen LogP contribution in [0.1, 0.15) is 11.3 Å². The molecule has 0 aliphatic heterocycles. The summed E-state index contributed by atoms with van der Waals surface area (Å²) in [5.41, 5.74) is 1.74. The van der Waals surface area contributed by atoms with Gasteiger partial charge in [0, 0.05) is 0 Å². The molecule has 0 saturated carbocycles. The Morgan fingerprint density at radius 1 is 1.37 bits per heavy atom. The van der Waals surface area contributed by atoms with Gasteiger partial charge in [-0.25, -0.2) is 4.68 Å². The Kier molecular flexibility index (Phi) is 4.12. The number of carbonyl (C=O) groups is 1. The monoisotopic (exact) mass is 261 g/mol. The summed E-state index contributed by atoms with van der Waals surface area (Å²) in [4.78, 5) is 10.6. The molecule has 0 unspecified atom stereocenters. The van der Waals surface area contributed by atoms with Crippen molar-refractivity contribution in [2.45, 2.75) is 19.9 Å². The van der Waals surface area contributed by atoms with E-state index >= 15 is 0 Å². The van der Waals surface area contributed by atoms with Crippen molar-refractivity contribution in [1.29, 1.82) is 0 Å². The molecule has 0 fully saturated rings. The molecular formula is C13H15N3O3. The van der Waals surface area contributed by atoms with Crippen molar-refractivity contribution in [2.75, 3.05) is 6.61 Å². The van der Waals surface area contributed by atoms with Gasteiger partial charge in [0.2, 0.25) is 0 Å². The van der Waals surface area contributed by atoms with Gasteiger partial charge in [0.25, 0.3) is 0 Å². The number of carboxylic acids is 1. The van der Waals surface area contributed by atoms with Gasteiger partial charge in [0.1, 0.15) is 12.4 Å². The topological polar surface area (TPSA) is 77.2 Å². The Morgan fingerprint density at radius 2 is 2.11 bits per heavy atom. The van der Waals surface area contributed by atoms with Gasteiger partial charge in [-0.1, -0.05) is 22.9 Å². The zero-order chi connectivity index (χ0) is 13.7. The third kappa shape index (κ3) is 3.80. The van der Waals surface area contributed by atoms with Crippen molar-refractivity contribution in [3.8, 4) is 5.75 Å². The number of hydrogen-bond acceptors (Lipinski definition) is 4. The number of aromatic nitrogens is 3. The normalized spacial score (nSPS) is 10.4. The molecule has 0 radical (unpaired) electrons. The van der Waals surface area contributed by atoms with Gasteiger partial charge >= 0.3 is 5.97 Å². The van der Waals surface area contributed by atoms with Crippen molar-refractivity contribution in [3.05, 3.63) is 41.7 Å². The van der Waals surface area contributed by atoms with Crippen molar-refractivity contribution < 1.29 is 14.6 Å². The molecule has 0 atom stereocenters. The van der Waals surface area contributed by atoms with Crippen LogP contribution in [-0.2, 0) is 17.8 Å². The predicted molar refractivity (Wildman–Crippen MR) is 68.0 cm³/mol. The fourth-order valence-electron chi connectivity index (χ4n) is 1.64. The van der Waals surface area contributed by atoms with Crippen LogP contribution in [-0.4, -0.2) is 32.7 Å². The SMILES string of the molecule is Cc1ccc(OCCn2nncc2CC(=O)O)cc1. The van der Waals surface area contributed by atoms with E-state index in [0.717, 1.165) is 5.75 Å². The second-order valence-electron chi connectivity index (χ2n) is 4.18. The van der Waals surface area contributed by atoms with Gasteiger partial charge in [-0.05, 0) is 19.1 Å². The smallest absolute Gasteiger partial charge is 0.309 e. The van der Waals surface area contributed by atoms with Crippen LogP contribution in [0.4, 0.5) is 0 Å². The molecule has 100 valence electrons. The van der Waals surface area contributed by atoms with Gasteiger partial charge in [-0.15, -0.1) is 5.10 Å². The molecule has 0 amide bonds. The molecule has 0 spiro atoms. The van der Waals surface area contributed by atoms with Gasteiger partial charge in [-0.3, -0.25) is 4.79 Å². The molecule has 0 aliphatic rings. The summed E-state index contributed by atoms with van der Waals surface area (Å²) >= 11 is 0. The summed E-state index contributed by atoms with van der Waals surface area (Å²) in [6, 6.07) is 7.74. The van der Waals surface area contributed by atoms with Crippen LogP contribution in [0.25, 0.3) is 0 Å². The second-order valence-corrected chi connectivity index (χ2v) is 4.18. The summed E-state index contributed by atoms with van der Waals surface area (Å²) in [6.07, 6.45) is 1.37. The first-order valence-electron chi connectivity index (χ1n) is 5.94. The van der Waals surface area contributed by atoms with Gasteiger partial charge in [-0.2, -0.15) is 0 Å². The molecule has 2 rings (SSSR count). The van der Waals surface area contributed by atoms with E-state index in [1.54, 1.807) is 4.68 Å². The van der Waals surface area contributed by atoms with Crippen LogP contribution < -0.4 is 4.74 Å². The fourth-order valence-corrected chi connectivity index (χ4v) is 1.64. The summed E-state index contributed by atoms with van der Waals surface area (Å²) in [5, 5.41) is 16.3. The lowest BCUT2D eigenvalue weighted by Crippen LogP contribution is -2.14. The molecule has 1 heterocycles. The molecule has 1 aromatic carbocycles. The largest absolute Gasteiger partial charge is 0.492 e. The molecular weight excluding hydrogens is 246 g/mol. The molecule has 0 bridgehead atoms. The summed E-state index contributed by atoms with van der Waals surface area (Å²) in [5.74, 6) is -0.117. The van der Waals surface area contributed by atoms with E-state index in [0.29, 0.717) is 18.8 Å². The first-order chi connectivity index (χ1) is 9.15. The Bertz CT molecular complexity index is 549. The summed E-state index contributed by atoms with van der Waals surface area (Å²) < 4.78 is 7.10. The Labute approximate surface area is 110 Å². The van der Waals surface area contributed by atoms with Crippen LogP contribution in [0.5, 0.6) is 5.75 Å². The highest BCUT2D eigenvalue weighted by Crippen LogP contribution is 2.11. The van der Waals surface area contributed by atoms with Crippen LogP contribution in [0, 0.1) is 6.92 Å². The molecule has 0 saturated heterocycles. The van der Waals surface area contributed by atoms with Crippen LogP contribution in [0.15, 0.2) is 30.5 Å². The number of aryl methyl sites for hydroxylation is 1. The predicted octanol–water partition coefficient (Wildman–Crippen LogP) is 1.29. The van der Waals surface area contributed by atoms with Crippen molar-refractivity contribution in [1.82, 2.24) is 15.0 Å².